The predicted molar refractivity (Wildman–Crippen MR) is 95.5 cm³/mol. The lowest BCUT2D eigenvalue weighted by Crippen LogP contribution is -2.49. The number of likely N-dealkylation sites (N-methyl/N-ethyl adjacent to an activating group) is 1. The Labute approximate surface area is 146 Å². The Bertz CT molecular complexity index is 784. The first kappa shape index (κ1) is 17.1. The average Bonchev–Trinajstić information content (AvgIpc) is 3.02. The highest BCUT2D eigenvalue weighted by Crippen LogP contribution is 2.34. The first-order chi connectivity index (χ1) is 11.9. The number of rotatable bonds is 5. The van der Waals surface area contributed by atoms with E-state index in [-0.39, 0.29) is 17.9 Å². The molecule has 0 fully saturated rings. The van der Waals surface area contributed by atoms with Crippen LogP contribution < -0.4 is 15.5 Å². The van der Waals surface area contributed by atoms with Crippen molar-refractivity contribution in [2.45, 2.75) is 46.8 Å². The number of aromatic nitrogens is 5. The van der Waals surface area contributed by atoms with Gasteiger partial charge in [-0.05, 0) is 19.8 Å². The van der Waals surface area contributed by atoms with E-state index >= 15 is 0 Å². The average molecular weight is 344 g/mol. The van der Waals surface area contributed by atoms with Crippen LogP contribution in [0.1, 0.15) is 32.3 Å². The van der Waals surface area contributed by atoms with E-state index in [1.54, 1.807) is 11.0 Å². The van der Waals surface area contributed by atoms with Gasteiger partial charge < -0.3 is 15.5 Å². The molecule has 3 rings (SSSR count). The number of anilines is 3. The highest BCUT2D eigenvalue weighted by Gasteiger charge is 2.35. The molecule has 3 heterocycles. The van der Waals surface area contributed by atoms with Crippen molar-refractivity contribution in [2.24, 2.45) is 5.92 Å². The fourth-order valence-electron chi connectivity index (χ4n) is 3.02. The molecule has 0 spiro atoms. The van der Waals surface area contributed by atoms with Gasteiger partial charge in [0, 0.05) is 13.6 Å². The number of hydrogen-bond donors (Lipinski definition) is 2. The summed E-state index contributed by atoms with van der Waals surface area (Å²) < 4.78 is 1.77. The predicted octanol–water partition coefficient (Wildman–Crippen LogP) is 1.42. The Hall–Kier alpha value is -2.71. The lowest BCUT2D eigenvalue weighted by molar-refractivity contribution is -0.118. The maximum atomic E-state index is 12.3. The van der Waals surface area contributed by atoms with E-state index in [4.69, 9.17) is 0 Å². The summed E-state index contributed by atoms with van der Waals surface area (Å²) in [5, 5.41) is 10.4. The maximum absolute atomic E-state index is 12.3. The molecule has 1 aliphatic heterocycles. The molecule has 9 heteroatoms. The van der Waals surface area contributed by atoms with Gasteiger partial charge in [0.05, 0.1) is 12.2 Å². The Kier molecular flexibility index (Phi) is 4.56. The standard InChI is InChI=1S/C16H24N8O/c1-6-24-8-18-11(22-24)7-17-16-19-10(4)12-14(21-16)23(5)13(9(2)3)15(25)20-12/h8-9,13H,6-7H2,1-5H3,(H,20,25)(H,17,19,21)/t13-/m0/s1. The second-order valence-corrected chi connectivity index (χ2v) is 6.49. The normalized spacial score (nSPS) is 16.8. The Morgan fingerprint density at radius 1 is 1.36 bits per heavy atom. The summed E-state index contributed by atoms with van der Waals surface area (Å²) in [6, 6.07) is -0.253. The smallest absolute Gasteiger partial charge is 0.247 e. The quantitative estimate of drug-likeness (QED) is 0.846. The minimum absolute atomic E-state index is 0.0216. The zero-order valence-corrected chi connectivity index (χ0v) is 15.2. The summed E-state index contributed by atoms with van der Waals surface area (Å²) in [6.07, 6.45) is 1.70. The Morgan fingerprint density at radius 2 is 2.12 bits per heavy atom. The van der Waals surface area contributed by atoms with Crippen LogP contribution in [0.15, 0.2) is 6.33 Å². The van der Waals surface area contributed by atoms with Crippen molar-refractivity contribution < 1.29 is 4.79 Å². The second kappa shape index (κ2) is 6.66. The summed E-state index contributed by atoms with van der Waals surface area (Å²) in [5.41, 5.74) is 1.39. The van der Waals surface area contributed by atoms with Gasteiger partial charge in [0.15, 0.2) is 11.6 Å². The molecule has 134 valence electrons. The third kappa shape index (κ3) is 3.26. The van der Waals surface area contributed by atoms with Gasteiger partial charge in [0.2, 0.25) is 11.9 Å². The molecule has 0 bridgehead atoms. The topological polar surface area (TPSA) is 101 Å². The first-order valence-corrected chi connectivity index (χ1v) is 8.45. The molecule has 1 atom stereocenters. The summed E-state index contributed by atoms with van der Waals surface area (Å²) in [7, 11) is 1.89. The lowest BCUT2D eigenvalue weighted by atomic mass is 9.99. The monoisotopic (exact) mass is 344 g/mol. The number of amides is 1. The number of carbonyl (C=O) groups is 1. The molecule has 0 saturated carbocycles. The highest BCUT2D eigenvalue weighted by molar-refractivity contribution is 6.03. The van der Waals surface area contributed by atoms with Crippen LogP contribution in [0.4, 0.5) is 17.5 Å². The van der Waals surface area contributed by atoms with E-state index < -0.39 is 0 Å². The Balaban J connectivity index is 1.84. The van der Waals surface area contributed by atoms with Crippen molar-refractivity contribution in [1.29, 1.82) is 0 Å². The molecule has 9 nitrogen and oxygen atoms in total. The summed E-state index contributed by atoms with van der Waals surface area (Å²) in [5.74, 6) is 2.05. The van der Waals surface area contributed by atoms with Gasteiger partial charge in [0.25, 0.3) is 0 Å². The summed E-state index contributed by atoms with van der Waals surface area (Å²) >= 11 is 0. The molecule has 0 aromatic carbocycles. The van der Waals surface area contributed by atoms with Gasteiger partial charge in [0.1, 0.15) is 18.1 Å². The van der Waals surface area contributed by atoms with Crippen LogP contribution in [-0.2, 0) is 17.9 Å². The number of carbonyl (C=O) groups excluding carboxylic acids is 1. The second-order valence-electron chi connectivity index (χ2n) is 6.49. The molecule has 2 aromatic rings. The van der Waals surface area contributed by atoms with Gasteiger partial charge in [-0.1, -0.05) is 13.8 Å². The molecule has 2 aromatic heterocycles. The van der Waals surface area contributed by atoms with Crippen LogP contribution in [0.2, 0.25) is 0 Å². The van der Waals surface area contributed by atoms with E-state index in [1.807, 2.05) is 39.6 Å². The van der Waals surface area contributed by atoms with Gasteiger partial charge in [-0.25, -0.2) is 9.97 Å². The minimum atomic E-state index is -0.253. The third-order valence-electron chi connectivity index (χ3n) is 4.28. The Morgan fingerprint density at radius 3 is 2.76 bits per heavy atom. The molecule has 0 saturated heterocycles. The zero-order valence-electron chi connectivity index (χ0n) is 15.2. The zero-order chi connectivity index (χ0) is 18.1. The maximum Gasteiger partial charge on any atom is 0.247 e. The molecule has 2 N–H and O–H groups in total. The molecule has 1 aliphatic rings. The van der Waals surface area contributed by atoms with Gasteiger partial charge in [-0.15, -0.1) is 0 Å². The van der Waals surface area contributed by atoms with Gasteiger partial charge in [-0.2, -0.15) is 10.1 Å². The summed E-state index contributed by atoms with van der Waals surface area (Å²) in [4.78, 5) is 27.5. The van der Waals surface area contributed by atoms with Crippen molar-refractivity contribution in [2.75, 3.05) is 22.6 Å². The van der Waals surface area contributed by atoms with E-state index in [9.17, 15) is 4.79 Å². The highest BCUT2D eigenvalue weighted by atomic mass is 16.2. The number of hydrogen-bond acceptors (Lipinski definition) is 7. The van der Waals surface area contributed by atoms with Crippen molar-refractivity contribution in [3.8, 4) is 0 Å². The minimum Gasteiger partial charge on any atom is -0.347 e. The molecular formula is C16H24N8O. The third-order valence-corrected chi connectivity index (χ3v) is 4.28. The van der Waals surface area contributed by atoms with Crippen LogP contribution >= 0.6 is 0 Å². The van der Waals surface area contributed by atoms with E-state index in [0.29, 0.717) is 24.0 Å². The van der Waals surface area contributed by atoms with E-state index in [1.165, 1.54) is 0 Å². The van der Waals surface area contributed by atoms with Crippen LogP contribution in [0.5, 0.6) is 0 Å². The summed E-state index contributed by atoms with van der Waals surface area (Å²) in [6.45, 7) is 9.14. The van der Waals surface area contributed by atoms with E-state index in [2.05, 4.69) is 30.7 Å². The number of nitrogens with zero attached hydrogens (tertiary/aromatic N) is 6. The van der Waals surface area contributed by atoms with Crippen molar-refractivity contribution in [3.63, 3.8) is 0 Å². The number of nitrogens with one attached hydrogen (secondary N) is 2. The number of aryl methyl sites for hydroxylation is 2. The van der Waals surface area contributed by atoms with E-state index in [0.717, 1.165) is 18.1 Å². The fraction of sp³-hybridized carbons (Fsp3) is 0.562. The fourth-order valence-corrected chi connectivity index (χ4v) is 3.02. The van der Waals surface area contributed by atoms with Crippen molar-refractivity contribution in [1.82, 2.24) is 24.7 Å². The van der Waals surface area contributed by atoms with Gasteiger partial charge >= 0.3 is 0 Å². The molecule has 25 heavy (non-hydrogen) atoms. The largest absolute Gasteiger partial charge is 0.347 e. The molecule has 0 aliphatic carbocycles. The van der Waals surface area contributed by atoms with Crippen LogP contribution in [0, 0.1) is 12.8 Å². The van der Waals surface area contributed by atoms with Crippen LogP contribution in [-0.4, -0.2) is 43.7 Å². The van der Waals surface area contributed by atoms with Crippen LogP contribution in [0.3, 0.4) is 0 Å². The lowest BCUT2D eigenvalue weighted by Gasteiger charge is -2.36. The van der Waals surface area contributed by atoms with Gasteiger partial charge in [-0.3, -0.25) is 9.48 Å². The number of fused-ring (bicyclic) bond motifs is 1. The van der Waals surface area contributed by atoms with Crippen molar-refractivity contribution >= 4 is 23.4 Å². The molecule has 0 radical (unpaired) electrons. The SMILES string of the molecule is CCn1cnc(CNc2nc(C)c3c(n2)N(C)[C@@H](C(C)C)C(=O)N3)n1. The van der Waals surface area contributed by atoms with Crippen LogP contribution in [0.25, 0.3) is 0 Å². The molecule has 0 unspecified atom stereocenters. The first-order valence-electron chi connectivity index (χ1n) is 8.45. The van der Waals surface area contributed by atoms with Crippen molar-refractivity contribution in [3.05, 3.63) is 17.8 Å². The molecular weight excluding hydrogens is 320 g/mol. The molecule has 1 amide bonds.